The summed E-state index contributed by atoms with van der Waals surface area (Å²) in [7, 11) is 1.52. The quantitative estimate of drug-likeness (QED) is 0.404. The van der Waals surface area contributed by atoms with Gasteiger partial charge >= 0.3 is 6.03 Å². The molecule has 1 fully saturated rings. The smallest absolute Gasteiger partial charge is 0.321 e. The molecule has 2 aliphatic heterocycles. The zero-order valence-electron chi connectivity index (χ0n) is 20.4. The van der Waals surface area contributed by atoms with Crippen molar-refractivity contribution in [1.29, 1.82) is 0 Å². The number of hydrogen-bond acceptors (Lipinski definition) is 9. The molecule has 0 saturated carbocycles. The van der Waals surface area contributed by atoms with E-state index in [4.69, 9.17) is 16.3 Å². The van der Waals surface area contributed by atoms with E-state index in [0.717, 1.165) is 9.60 Å². The van der Waals surface area contributed by atoms with Gasteiger partial charge in [-0.25, -0.2) is 14.8 Å². The van der Waals surface area contributed by atoms with Crippen LogP contribution in [0, 0.1) is 0 Å². The molecule has 3 N–H and O–H groups in total. The number of carbonyl (C=O) groups excluding carboxylic acids is 5. The first-order valence-corrected chi connectivity index (χ1v) is 12.6. The zero-order chi connectivity index (χ0) is 27.4. The molecule has 12 nitrogen and oxygen atoms in total. The fourth-order valence-electron chi connectivity index (χ4n) is 4.29. The topological polar surface area (TPSA) is 160 Å². The fraction of sp³-hybridized carbons (Fsp3) is 0.292. The van der Waals surface area contributed by atoms with Gasteiger partial charge in [0.2, 0.25) is 11.8 Å². The van der Waals surface area contributed by atoms with Crippen molar-refractivity contribution in [2.75, 3.05) is 12.4 Å². The molecule has 3 aromatic rings. The van der Waals surface area contributed by atoms with E-state index in [1.807, 2.05) is 0 Å². The minimum atomic E-state index is -1.11. The average Bonchev–Trinajstić information content (AvgIpc) is 3.38. The molecule has 0 radical (unpaired) electrons. The van der Waals surface area contributed by atoms with E-state index in [2.05, 4.69) is 25.9 Å². The number of urea groups is 1. The van der Waals surface area contributed by atoms with Crippen LogP contribution < -0.4 is 20.7 Å². The minimum absolute atomic E-state index is 0.00747. The summed E-state index contributed by atoms with van der Waals surface area (Å²) in [4.78, 5) is 71.9. The first-order chi connectivity index (χ1) is 18.0. The molecule has 4 heterocycles. The van der Waals surface area contributed by atoms with Gasteiger partial charge in [0.15, 0.2) is 0 Å². The summed E-state index contributed by atoms with van der Waals surface area (Å²) < 4.78 is 6.16. The van der Waals surface area contributed by atoms with Crippen LogP contribution in [0.25, 0.3) is 10.2 Å². The van der Waals surface area contributed by atoms with Crippen molar-refractivity contribution in [3.05, 3.63) is 45.6 Å². The summed E-state index contributed by atoms with van der Waals surface area (Å²) in [6.07, 6.45) is 0.0387. The Morgan fingerprint density at radius 1 is 1.18 bits per heavy atom. The SMILES string of the molecule is COc1cc(Cl)cc2sc(C(C)(C)NC(=O)Nc3ccc4c(n3)C(=O)N(C3CCC(=O)NC3=O)C4=O)nc12. The molecule has 6 amide bonds. The highest BCUT2D eigenvalue weighted by molar-refractivity contribution is 7.18. The van der Waals surface area contributed by atoms with Gasteiger partial charge in [0.1, 0.15) is 33.8 Å². The summed E-state index contributed by atoms with van der Waals surface area (Å²) >= 11 is 7.51. The molecule has 1 saturated heterocycles. The highest BCUT2D eigenvalue weighted by Gasteiger charge is 2.45. The third-order valence-corrected chi connectivity index (χ3v) is 7.68. The third-order valence-electron chi connectivity index (χ3n) is 6.13. The van der Waals surface area contributed by atoms with Crippen molar-refractivity contribution in [2.45, 2.75) is 38.3 Å². The Morgan fingerprint density at radius 3 is 2.66 bits per heavy atom. The predicted molar refractivity (Wildman–Crippen MR) is 137 cm³/mol. The Kier molecular flexibility index (Phi) is 6.27. The van der Waals surface area contributed by atoms with Gasteiger partial charge in [-0.1, -0.05) is 11.6 Å². The number of ether oxygens (including phenoxy) is 1. The van der Waals surface area contributed by atoms with Crippen molar-refractivity contribution in [1.82, 2.24) is 25.5 Å². The van der Waals surface area contributed by atoms with Gasteiger partial charge in [0, 0.05) is 17.5 Å². The number of piperidine rings is 1. The third kappa shape index (κ3) is 4.43. The molecule has 2 aliphatic rings. The summed E-state index contributed by atoms with van der Waals surface area (Å²) in [6.45, 7) is 3.54. The van der Waals surface area contributed by atoms with E-state index in [0.29, 0.717) is 21.3 Å². The van der Waals surface area contributed by atoms with Crippen LogP contribution in [-0.2, 0) is 15.1 Å². The molecular formula is C24H21ClN6O6S. The Morgan fingerprint density at radius 2 is 1.95 bits per heavy atom. The highest BCUT2D eigenvalue weighted by Crippen LogP contribution is 2.37. The molecule has 196 valence electrons. The number of benzene rings is 1. The van der Waals surface area contributed by atoms with Gasteiger partial charge in [0.05, 0.1) is 22.9 Å². The van der Waals surface area contributed by atoms with Crippen molar-refractivity contribution >= 4 is 68.6 Å². The number of fused-ring (bicyclic) bond motifs is 2. The number of methoxy groups -OCH3 is 1. The Balaban J connectivity index is 1.32. The number of imide groups is 2. The first kappa shape index (κ1) is 25.5. The first-order valence-electron chi connectivity index (χ1n) is 11.4. The minimum Gasteiger partial charge on any atom is -0.494 e. The lowest BCUT2D eigenvalue weighted by molar-refractivity contribution is -0.136. The number of carbonyl (C=O) groups is 5. The maximum Gasteiger partial charge on any atom is 0.321 e. The number of nitrogens with one attached hydrogen (secondary N) is 3. The Labute approximate surface area is 224 Å². The Bertz CT molecular complexity index is 1550. The summed E-state index contributed by atoms with van der Waals surface area (Å²) in [6, 6.07) is 4.44. The molecule has 0 aliphatic carbocycles. The van der Waals surface area contributed by atoms with Crippen LogP contribution in [0.1, 0.15) is 52.5 Å². The second-order valence-electron chi connectivity index (χ2n) is 9.22. The molecule has 14 heteroatoms. The van der Waals surface area contributed by atoms with E-state index in [1.165, 1.54) is 30.6 Å². The number of halogens is 1. The van der Waals surface area contributed by atoms with Crippen LogP contribution in [0.2, 0.25) is 5.02 Å². The number of thiazole rings is 1. The molecule has 38 heavy (non-hydrogen) atoms. The number of nitrogens with zero attached hydrogens (tertiary/aromatic N) is 3. The summed E-state index contributed by atoms with van der Waals surface area (Å²) in [5, 5.41) is 8.64. The van der Waals surface area contributed by atoms with Crippen molar-refractivity contribution in [2.24, 2.45) is 0 Å². The fourth-order valence-corrected chi connectivity index (χ4v) is 5.64. The number of amides is 6. The van der Waals surface area contributed by atoms with Crippen molar-refractivity contribution < 1.29 is 28.7 Å². The number of pyridine rings is 1. The van der Waals surface area contributed by atoms with Gasteiger partial charge in [-0.2, -0.15) is 0 Å². The van der Waals surface area contributed by atoms with Crippen LogP contribution in [0.3, 0.4) is 0 Å². The summed E-state index contributed by atoms with van der Waals surface area (Å²) in [5.74, 6) is -2.09. The normalized spacial score (nSPS) is 17.5. The predicted octanol–water partition coefficient (Wildman–Crippen LogP) is 2.81. The van der Waals surface area contributed by atoms with E-state index >= 15 is 0 Å². The molecule has 1 unspecified atom stereocenters. The van der Waals surface area contributed by atoms with E-state index in [9.17, 15) is 24.0 Å². The van der Waals surface area contributed by atoms with Crippen LogP contribution in [-0.4, -0.2) is 57.7 Å². The maximum atomic E-state index is 13.0. The van der Waals surface area contributed by atoms with Crippen LogP contribution in [0.5, 0.6) is 5.75 Å². The van der Waals surface area contributed by atoms with Gasteiger partial charge in [-0.15, -0.1) is 11.3 Å². The number of anilines is 1. The van der Waals surface area contributed by atoms with E-state index < -0.39 is 41.2 Å². The van der Waals surface area contributed by atoms with Crippen molar-refractivity contribution in [3.8, 4) is 5.75 Å². The second-order valence-corrected chi connectivity index (χ2v) is 10.7. The molecule has 5 rings (SSSR count). The van der Waals surface area contributed by atoms with Crippen molar-refractivity contribution in [3.63, 3.8) is 0 Å². The zero-order valence-corrected chi connectivity index (χ0v) is 22.0. The maximum absolute atomic E-state index is 13.0. The van der Waals surface area contributed by atoms with Gasteiger partial charge in [0.25, 0.3) is 11.8 Å². The van der Waals surface area contributed by atoms with E-state index in [-0.39, 0.29) is 29.9 Å². The monoisotopic (exact) mass is 556 g/mol. The lowest BCUT2D eigenvalue weighted by atomic mass is 10.0. The molecule has 0 spiro atoms. The number of hydrogen-bond donors (Lipinski definition) is 3. The number of rotatable bonds is 5. The molecule has 1 atom stereocenters. The van der Waals surface area contributed by atoms with Gasteiger partial charge in [-0.05, 0) is 38.5 Å². The molecular weight excluding hydrogens is 536 g/mol. The highest BCUT2D eigenvalue weighted by atomic mass is 35.5. The van der Waals surface area contributed by atoms with E-state index in [1.54, 1.807) is 26.0 Å². The average molecular weight is 557 g/mol. The largest absolute Gasteiger partial charge is 0.494 e. The van der Waals surface area contributed by atoms with Gasteiger partial charge in [-0.3, -0.25) is 34.7 Å². The lowest BCUT2D eigenvalue weighted by Crippen LogP contribution is -2.54. The summed E-state index contributed by atoms with van der Waals surface area (Å²) in [5.41, 5.74) is -0.465. The Hall–Kier alpha value is -4.10. The van der Waals surface area contributed by atoms with Crippen LogP contribution in [0.4, 0.5) is 10.6 Å². The molecule has 0 bridgehead atoms. The van der Waals surface area contributed by atoms with Crippen LogP contribution >= 0.6 is 22.9 Å². The van der Waals surface area contributed by atoms with Crippen LogP contribution in [0.15, 0.2) is 24.3 Å². The molecule has 2 aromatic heterocycles. The second kappa shape index (κ2) is 9.33. The lowest BCUT2D eigenvalue weighted by Gasteiger charge is -2.27. The molecule has 1 aromatic carbocycles. The number of aromatic nitrogens is 2. The standard InChI is InChI=1S/C24H21ClN6O6S/c1-24(2,22-29-18-13(37-3)8-10(25)9-14(18)38-22)30-23(36)27-15-6-4-11-17(26-15)21(35)31(20(11)34)12-5-7-16(32)28-19(12)33/h4,6,8-9,12H,5,7H2,1-3H3,(H,28,32,33)(H2,26,27,30,36). The van der Waals surface area contributed by atoms with Gasteiger partial charge < -0.3 is 10.1 Å².